The number of halogens is 2. The van der Waals surface area contributed by atoms with E-state index in [0.717, 1.165) is 10.6 Å². The Bertz CT molecular complexity index is 603. The molecule has 8 heteroatoms. The van der Waals surface area contributed by atoms with Gasteiger partial charge in [0.1, 0.15) is 6.54 Å². The van der Waals surface area contributed by atoms with Crippen LogP contribution < -0.4 is 9.62 Å². The predicted octanol–water partition coefficient (Wildman–Crippen LogP) is 2.28. The second-order valence-electron chi connectivity index (χ2n) is 4.59. The number of sulfonamides is 1. The van der Waals surface area contributed by atoms with E-state index in [-0.39, 0.29) is 23.3 Å². The van der Waals surface area contributed by atoms with E-state index in [0.29, 0.717) is 5.02 Å². The van der Waals surface area contributed by atoms with Crippen LogP contribution in [-0.2, 0) is 14.8 Å². The lowest BCUT2D eigenvalue weighted by Gasteiger charge is -2.23. The number of hydrogen-bond acceptors (Lipinski definition) is 3. The summed E-state index contributed by atoms with van der Waals surface area (Å²) in [5.41, 5.74) is 0.181. The molecule has 1 aromatic carbocycles. The van der Waals surface area contributed by atoms with Crippen LogP contribution in [0.3, 0.4) is 0 Å². The van der Waals surface area contributed by atoms with Crippen molar-refractivity contribution >= 4 is 44.8 Å². The third kappa shape index (κ3) is 4.85. The summed E-state index contributed by atoms with van der Waals surface area (Å²) in [6.45, 7) is 3.22. The molecule has 1 amide bonds. The minimum absolute atomic E-state index is 0.0845. The number of hydrogen-bond donors (Lipinski definition) is 1. The Hall–Kier alpha value is -0.980. The normalized spacial score (nSPS) is 11.5. The molecular formula is C12H16Cl2N2O3S. The Morgan fingerprint density at radius 2 is 1.95 bits per heavy atom. The third-order valence-electron chi connectivity index (χ3n) is 2.31. The average Bonchev–Trinajstić information content (AvgIpc) is 2.27. The van der Waals surface area contributed by atoms with Crippen molar-refractivity contribution in [2.45, 2.75) is 19.9 Å². The summed E-state index contributed by atoms with van der Waals surface area (Å²) in [5, 5.41) is 3.17. The highest BCUT2D eigenvalue weighted by molar-refractivity contribution is 7.92. The lowest BCUT2D eigenvalue weighted by atomic mass is 10.3. The number of rotatable bonds is 5. The summed E-state index contributed by atoms with van der Waals surface area (Å²) >= 11 is 11.8. The van der Waals surface area contributed by atoms with Crippen LogP contribution in [0.15, 0.2) is 18.2 Å². The van der Waals surface area contributed by atoms with Crippen molar-refractivity contribution in [3.8, 4) is 0 Å². The van der Waals surface area contributed by atoms with Gasteiger partial charge in [-0.2, -0.15) is 0 Å². The van der Waals surface area contributed by atoms with Gasteiger partial charge in [0.15, 0.2) is 0 Å². The highest BCUT2D eigenvalue weighted by Gasteiger charge is 2.23. The number of carbonyl (C=O) groups is 1. The first kappa shape index (κ1) is 17.1. The highest BCUT2D eigenvalue weighted by Crippen LogP contribution is 2.30. The molecule has 0 unspecified atom stereocenters. The highest BCUT2D eigenvalue weighted by atomic mass is 35.5. The molecule has 0 aromatic heterocycles. The fourth-order valence-electron chi connectivity index (χ4n) is 1.56. The Morgan fingerprint density at radius 1 is 1.35 bits per heavy atom. The topological polar surface area (TPSA) is 66.5 Å². The number of amides is 1. The zero-order valence-corrected chi connectivity index (χ0v) is 13.7. The first-order valence-corrected chi connectivity index (χ1v) is 8.44. The lowest BCUT2D eigenvalue weighted by molar-refractivity contribution is -0.120. The van der Waals surface area contributed by atoms with Crippen molar-refractivity contribution in [2.75, 3.05) is 17.1 Å². The van der Waals surface area contributed by atoms with Gasteiger partial charge in [0.25, 0.3) is 0 Å². The van der Waals surface area contributed by atoms with Crippen molar-refractivity contribution in [2.24, 2.45) is 0 Å². The van der Waals surface area contributed by atoms with Gasteiger partial charge in [-0.15, -0.1) is 0 Å². The van der Waals surface area contributed by atoms with Crippen molar-refractivity contribution in [1.29, 1.82) is 0 Å². The Kier molecular flexibility index (Phi) is 5.68. The summed E-state index contributed by atoms with van der Waals surface area (Å²) in [6, 6.07) is 4.35. The van der Waals surface area contributed by atoms with Crippen LogP contribution >= 0.6 is 23.2 Å². The summed E-state index contributed by atoms with van der Waals surface area (Å²) in [7, 11) is -3.66. The maximum atomic E-state index is 11.9. The van der Waals surface area contributed by atoms with Crippen LogP contribution in [0.25, 0.3) is 0 Å². The van der Waals surface area contributed by atoms with Crippen molar-refractivity contribution in [1.82, 2.24) is 5.32 Å². The van der Waals surface area contributed by atoms with E-state index in [1.54, 1.807) is 19.9 Å². The smallest absolute Gasteiger partial charge is 0.240 e. The Labute approximate surface area is 128 Å². The van der Waals surface area contributed by atoms with Crippen LogP contribution in [0.5, 0.6) is 0 Å². The molecule has 0 aliphatic carbocycles. The number of benzene rings is 1. The number of nitrogens with one attached hydrogen (secondary N) is 1. The van der Waals surface area contributed by atoms with Crippen LogP contribution in [-0.4, -0.2) is 33.2 Å². The summed E-state index contributed by atoms with van der Waals surface area (Å²) in [4.78, 5) is 11.8. The van der Waals surface area contributed by atoms with Crippen molar-refractivity contribution in [3.05, 3.63) is 28.2 Å². The molecule has 1 aromatic rings. The largest absolute Gasteiger partial charge is 0.352 e. The summed E-state index contributed by atoms with van der Waals surface area (Å²) < 4.78 is 24.7. The van der Waals surface area contributed by atoms with E-state index < -0.39 is 15.9 Å². The van der Waals surface area contributed by atoms with E-state index in [1.165, 1.54) is 12.1 Å². The number of anilines is 1. The van der Waals surface area contributed by atoms with Gasteiger partial charge in [0.2, 0.25) is 15.9 Å². The molecule has 0 bridgehead atoms. The molecule has 0 heterocycles. The number of carbonyl (C=O) groups excluding carboxylic acids is 1. The van der Waals surface area contributed by atoms with Gasteiger partial charge in [-0.05, 0) is 32.0 Å². The van der Waals surface area contributed by atoms with Crippen LogP contribution in [0.1, 0.15) is 13.8 Å². The molecule has 0 atom stereocenters. The molecule has 112 valence electrons. The standard InChI is InChI=1S/C12H16Cl2N2O3S/c1-8(2)15-12(17)7-16(20(3,18)19)11-6-9(13)4-5-10(11)14/h4-6,8H,7H2,1-3H3,(H,15,17). The molecule has 0 fully saturated rings. The van der Waals surface area contributed by atoms with E-state index in [9.17, 15) is 13.2 Å². The van der Waals surface area contributed by atoms with E-state index >= 15 is 0 Å². The minimum atomic E-state index is -3.66. The van der Waals surface area contributed by atoms with E-state index in [1.807, 2.05) is 0 Å². The Morgan fingerprint density at radius 3 is 2.45 bits per heavy atom. The zero-order chi connectivity index (χ0) is 15.5. The molecule has 0 radical (unpaired) electrons. The second kappa shape index (κ2) is 6.65. The van der Waals surface area contributed by atoms with Gasteiger partial charge < -0.3 is 5.32 Å². The molecule has 0 saturated heterocycles. The van der Waals surface area contributed by atoms with Crippen LogP contribution in [0.4, 0.5) is 5.69 Å². The monoisotopic (exact) mass is 338 g/mol. The molecule has 0 saturated carbocycles. The van der Waals surface area contributed by atoms with Crippen molar-refractivity contribution < 1.29 is 13.2 Å². The molecule has 0 aliphatic rings. The van der Waals surface area contributed by atoms with Gasteiger partial charge in [0, 0.05) is 11.1 Å². The second-order valence-corrected chi connectivity index (χ2v) is 7.34. The average molecular weight is 339 g/mol. The first-order chi connectivity index (χ1) is 9.11. The van der Waals surface area contributed by atoms with Gasteiger partial charge in [0.05, 0.1) is 17.0 Å². The third-order valence-corrected chi connectivity index (χ3v) is 4.00. The quantitative estimate of drug-likeness (QED) is 0.895. The van der Waals surface area contributed by atoms with Crippen LogP contribution in [0, 0.1) is 0 Å². The predicted molar refractivity (Wildman–Crippen MR) is 81.9 cm³/mol. The lowest BCUT2D eigenvalue weighted by Crippen LogP contribution is -2.42. The molecular weight excluding hydrogens is 323 g/mol. The molecule has 1 rings (SSSR count). The van der Waals surface area contributed by atoms with Gasteiger partial charge in [-0.1, -0.05) is 23.2 Å². The fraction of sp³-hybridized carbons (Fsp3) is 0.417. The van der Waals surface area contributed by atoms with Gasteiger partial charge in [-0.25, -0.2) is 8.42 Å². The molecule has 0 spiro atoms. The maximum Gasteiger partial charge on any atom is 0.240 e. The summed E-state index contributed by atoms with van der Waals surface area (Å²) in [6.07, 6.45) is 1.01. The van der Waals surface area contributed by atoms with Gasteiger partial charge in [-0.3, -0.25) is 9.10 Å². The van der Waals surface area contributed by atoms with Crippen LogP contribution in [0.2, 0.25) is 10.0 Å². The van der Waals surface area contributed by atoms with E-state index in [4.69, 9.17) is 23.2 Å². The first-order valence-electron chi connectivity index (χ1n) is 5.83. The fourth-order valence-corrected chi connectivity index (χ4v) is 2.85. The molecule has 20 heavy (non-hydrogen) atoms. The van der Waals surface area contributed by atoms with Crippen molar-refractivity contribution in [3.63, 3.8) is 0 Å². The molecule has 5 nitrogen and oxygen atoms in total. The van der Waals surface area contributed by atoms with Gasteiger partial charge >= 0.3 is 0 Å². The Balaban J connectivity index is 3.14. The number of nitrogens with zero attached hydrogens (tertiary/aromatic N) is 1. The minimum Gasteiger partial charge on any atom is -0.352 e. The maximum absolute atomic E-state index is 11.9. The SMILES string of the molecule is CC(C)NC(=O)CN(c1cc(Cl)ccc1Cl)S(C)(=O)=O. The molecule has 1 N–H and O–H groups in total. The van der Waals surface area contributed by atoms with E-state index in [2.05, 4.69) is 5.32 Å². The zero-order valence-electron chi connectivity index (χ0n) is 11.4. The molecule has 0 aliphatic heterocycles. The summed E-state index contributed by atoms with van der Waals surface area (Å²) in [5.74, 6) is -0.415.